The molecule has 174 valence electrons. The van der Waals surface area contributed by atoms with Gasteiger partial charge in [0.05, 0.1) is 30.7 Å². The fraction of sp³-hybridized carbons (Fsp3) is 0.364. The smallest absolute Gasteiger partial charge is 0.434 e. The molecule has 0 fully saturated rings. The van der Waals surface area contributed by atoms with E-state index in [0.717, 1.165) is 43.5 Å². The molecule has 0 saturated heterocycles. The van der Waals surface area contributed by atoms with Gasteiger partial charge in [-0.15, -0.1) is 0 Å². The molecule has 0 aliphatic carbocycles. The summed E-state index contributed by atoms with van der Waals surface area (Å²) in [6.45, 7) is 2.61. The second kappa shape index (κ2) is 9.08. The number of nitrogens with zero attached hydrogens (tertiary/aromatic N) is 4. The summed E-state index contributed by atoms with van der Waals surface area (Å²) in [6, 6.07) is 5.46. The average molecular weight is 461 g/mol. The first-order chi connectivity index (χ1) is 15.8. The number of esters is 1. The Morgan fingerprint density at radius 1 is 1.18 bits per heavy atom. The molecule has 11 heteroatoms. The number of carbonyl (C=O) groups excluding carboxylic acids is 2. The molecule has 0 radical (unpaired) electrons. The molecule has 3 aromatic rings. The molecular weight excluding hydrogens is 439 g/mol. The number of halogens is 3. The lowest BCUT2D eigenvalue weighted by Crippen LogP contribution is -2.23. The number of carbonyl (C=O) groups is 2. The summed E-state index contributed by atoms with van der Waals surface area (Å²) in [4.78, 5) is 28.9. The number of alkyl halides is 3. The molecule has 0 bridgehead atoms. The molecule has 8 nitrogen and oxygen atoms in total. The van der Waals surface area contributed by atoms with Crippen molar-refractivity contribution in [3.05, 3.63) is 65.0 Å². The molecule has 1 amide bonds. The Morgan fingerprint density at radius 2 is 1.94 bits per heavy atom. The van der Waals surface area contributed by atoms with Crippen LogP contribution in [-0.4, -0.2) is 37.8 Å². The Morgan fingerprint density at radius 3 is 2.61 bits per heavy atom. The Hall–Kier alpha value is -3.63. The third-order valence-electron chi connectivity index (χ3n) is 5.30. The first-order valence-corrected chi connectivity index (χ1v) is 10.5. The van der Waals surface area contributed by atoms with Gasteiger partial charge in [0.15, 0.2) is 5.69 Å². The molecule has 1 aliphatic heterocycles. The van der Waals surface area contributed by atoms with Gasteiger partial charge < -0.3 is 14.6 Å². The first-order valence-electron chi connectivity index (χ1n) is 10.5. The Kier molecular flexibility index (Phi) is 6.21. The highest BCUT2D eigenvalue weighted by atomic mass is 19.4. The van der Waals surface area contributed by atoms with Crippen LogP contribution in [0.2, 0.25) is 0 Å². The molecule has 0 unspecified atom stereocenters. The summed E-state index contributed by atoms with van der Waals surface area (Å²) in [7, 11) is 0. The normalized spacial score (nSPS) is 13.5. The van der Waals surface area contributed by atoms with Gasteiger partial charge in [-0.2, -0.15) is 18.3 Å². The number of imidazole rings is 1. The molecule has 1 N–H and O–H groups in total. The minimum atomic E-state index is -4.83. The zero-order chi connectivity index (χ0) is 23.6. The molecule has 0 saturated carbocycles. The van der Waals surface area contributed by atoms with E-state index in [2.05, 4.69) is 20.0 Å². The van der Waals surface area contributed by atoms with Gasteiger partial charge in [-0.3, -0.25) is 4.79 Å². The standard InChI is InChI=1S/C22H22F3N5O3/c1-2-33-21(32)17-12-27-30(19(17)22(23,24)25)16-8-6-14(7-9-16)20(31)26-11-15-13-29-10-4-3-5-18(29)28-15/h6-9,12-13H,2-5,10-11H2,1H3,(H,26,31). The summed E-state index contributed by atoms with van der Waals surface area (Å²) in [6.07, 6.45) is 1.04. The maximum absolute atomic E-state index is 13.6. The molecule has 2 aromatic heterocycles. The quantitative estimate of drug-likeness (QED) is 0.567. The highest BCUT2D eigenvalue weighted by Crippen LogP contribution is 2.34. The highest BCUT2D eigenvalue weighted by molar-refractivity contribution is 5.94. The van der Waals surface area contributed by atoms with Crippen molar-refractivity contribution in [2.24, 2.45) is 0 Å². The number of nitrogens with one attached hydrogen (secondary N) is 1. The summed E-state index contributed by atoms with van der Waals surface area (Å²) in [5.41, 5.74) is -0.823. The molecule has 33 heavy (non-hydrogen) atoms. The van der Waals surface area contributed by atoms with E-state index in [0.29, 0.717) is 4.68 Å². The third-order valence-corrected chi connectivity index (χ3v) is 5.30. The van der Waals surface area contributed by atoms with Crippen molar-refractivity contribution >= 4 is 11.9 Å². The zero-order valence-corrected chi connectivity index (χ0v) is 17.9. The Bertz CT molecular complexity index is 1140. The molecule has 4 rings (SSSR count). The van der Waals surface area contributed by atoms with E-state index in [1.807, 2.05) is 6.20 Å². The fourth-order valence-electron chi connectivity index (χ4n) is 3.76. The van der Waals surface area contributed by atoms with Crippen LogP contribution in [0.5, 0.6) is 0 Å². The van der Waals surface area contributed by atoms with E-state index < -0.39 is 23.4 Å². The number of benzene rings is 1. The fourth-order valence-corrected chi connectivity index (χ4v) is 3.76. The van der Waals surface area contributed by atoms with Crippen LogP contribution in [0.25, 0.3) is 5.69 Å². The van der Waals surface area contributed by atoms with Gasteiger partial charge >= 0.3 is 12.1 Å². The average Bonchev–Trinajstić information content (AvgIpc) is 3.42. The molecule has 1 aromatic carbocycles. The van der Waals surface area contributed by atoms with Crippen LogP contribution in [0.15, 0.2) is 36.7 Å². The van der Waals surface area contributed by atoms with Crippen molar-refractivity contribution in [1.82, 2.24) is 24.6 Å². The largest absolute Gasteiger partial charge is 0.462 e. The van der Waals surface area contributed by atoms with Gasteiger partial charge in [-0.1, -0.05) is 0 Å². The van der Waals surface area contributed by atoms with Gasteiger partial charge in [0.25, 0.3) is 5.91 Å². The van der Waals surface area contributed by atoms with E-state index in [4.69, 9.17) is 4.74 Å². The lowest BCUT2D eigenvalue weighted by Gasteiger charge is -2.13. The predicted octanol–water partition coefficient (Wildman–Crippen LogP) is 3.53. The first kappa shape index (κ1) is 22.6. The van der Waals surface area contributed by atoms with Gasteiger partial charge in [0.2, 0.25) is 0 Å². The highest BCUT2D eigenvalue weighted by Gasteiger charge is 2.41. The maximum Gasteiger partial charge on any atom is 0.434 e. The minimum Gasteiger partial charge on any atom is -0.462 e. The Balaban J connectivity index is 1.49. The van der Waals surface area contributed by atoms with E-state index in [-0.39, 0.29) is 30.3 Å². The molecular formula is C22H22F3N5O3. The van der Waals surface area contributed by atoms with Crippen molar-refractivity contribution in [3.8, 4) is 5.69 Å². The minimum absolute atomic E-state index is 0.0520. The molecule has 3 heterocycles. The molecule has 0 spiro atoms. The number of hydrogen-bond acceptors (Lipinski definition) is 5. The number of ether oxygens (including phenoxy) is 1. The number of amides is 1. The van der Waals surface area contributed by atoms with Crippen LogP contribution in [-0.2, 0) is 30.4 Å². The van der Waals surface area contributed by atoms with Crippen molar-refractivity contribution in [1.29, 1.82) is 0 Å². The van der Waals surface area contributed by atoms with E-state index in [9.17, 15) is 22.8 Å². The van der Waals surface area contributed by atoms with Crippen LogP contribution in [0.4, 0.5) is 13.2 Å². The summed E-state index contributed by atoms with van der Waals surface area (Å²) < 4.78 is 48.3. The van der Waals surface area contributed by atoms with Crippen molar-refractivity contribution in [2.45, 2.75) is 45.5 Å². The molecule has 0 atom stereocenters. The van der Waals surface area contributed by atoms with Crippen LogP contribution < -0.4 is 5.32 Å². The lowest BCUT2D eigenvalue weighted by molar-refractivity contribution is -0.143. The van der Waals surface area contributed by atoms with Gasteiger partial charge in [-0.25, -0.2) is 14.5 Å². The summed E-state index contributed by atoms with van der Waals surface area (Å²) in [5.74, 6) is -0.471. The lowest BCUT2D eigenvalue weighted by atomic mass is 10.2. The van der Waals surface area contributed by atoms with Crippen molar-refractivity contribution in [3.63, 3.8) is 0 Å². The third kappa shape index (κ3) is 4.76. The number of rotatable bonds is 6. The number of aryl methyl sites for hydroxylation is 2. The summed E-state index contributed by atoms with van der Waals surface area (Å²) in [5, 5.41) is 6.50. The monoisotopic (exact) mass is 461 g/mol. The summed E-state index contributed by atoms with van der Waals surface area (Å²) >= 11 is 0. The second-order valence-corrected chi connectivity index (χ2v) is 7.57. The predicted molar refractivity (Wildman–Crippen MR) is 111 cm³/mol. The number of aromatic nitrogens is 4. The number of hydrogen-bond donors (Lipinski definition) is 1. The topological polar surface area (TPSA) is 91.0 Å². The second-order valence-electron chi connectivity index (χ2n) is 7.57. The van der Waals surface area contributed by atoms with Gasteiger partial charge in [0.1, 0.15) is 11.4 Å². The van der Waals surface area contributed by atoms with Gasteiger partial charge in [-0.05, 0) is 44.0 Å². The van der Waals surface area contributed by atoms with Gasteiger partial charge in [0, 0.05) is 24.7 Å². The van der Waals surface area contributed by atoms with Crippen LogP contribution in [0.1, 0.15) is 57.7 Å². The zero-order valence-electron chi connectivity index (χ0n) is 17.9. The number of fused-ring (bicyclic) bond motifs is 1. The van der Waals surface area contributed by atoms with E-state index in [1.165, 1.54) is 31.2 Å². The van der Waals surface area contributed by atoms with E-state index in [1.54, 1.807) is 0 Å². The Labute approximate surface area is 187 Å². The SMILES string of the molecule is CCOC(=O)c1cnn(-c2ccc(C(=O)NCc3cn4c(n3)CCCC4)cc2)c1C(F)(F)F. The van der Waals surface area contributed by atoms with Crippen molar-refractivity contribution in [2.75, 3.05) is 6.61 Å². The molecule has 1 aliphatic rings. The van der Waals surface area contributed by atoms with Crippen LogP contribution >= 0.6 is 0 Å². The van der Waals surface area contributed by atoms with E-state index >= 15 is 0 Å². The van der Waals surface area contributed by atoms with Crippen LogP contribution in [0, 0.1) is 0 Å². The van der Waals surface area contributed by atoms with Crippen molar-refractivity contribution < 1.29 is 27.5 Å². The maximum atomic E-state index is 13.6. The van der Waals surface area contributed by atoms with Crippen LogP contribution in [0.3, 0.4) is 0 Å².